The summed E-state index contributed by atoms with van der Waals surface area (Å²) in [6, 6.07) is 10.7. The predicted octanol–water partition coefficient (Wildman–Crippen LogP) is 3.47. The molecule has 0 saturated carbocycles. The molecule has 3 heterocycles. The third-order valence-corrected chi connectivity index (χ3v) is 7.58. The second kappa shape index (κ2) is 9.08. The lowest BCUT2D eigenvalue weighted by molar-refractivity contribution is -0.139. The van der Waals surface area contributed by atoms with Gasteiger partial charge < -0.3 is 19.3 Å². The number of rotatable bonds is 3. The first-order valence-corrected chi connectivity index (χ1v) is 12.3. The first-order chi connectivity index (χ1) is 17.2. The standard InChI is InChI=1S/C28H30N2O6/c1-17-12-18(2)25-21(13-17)23(31)15-28(36-25)8-10-29(11-9-28)26(33)19-14-24(32)30(16-19)22-7-5-4-6-20(22)27(34)35-3/h4-7,12-13,19H,8-11,14-16H2,1-3H3. The van der Waals surface area contributed by atoms with E-state index in [-0.39, 0.29) is 30.6 Å². The van der Waals surface area contributed by atoms with Gasteiger partial charge in [-0.15, -0.1) is 0 Å². The number of carbonyl (C=O) groups is 4. The van der Waals surface area contributed by atoms with Gasteiger partial charge in [-0.25, -0.2) is 4.79 Å². The number of Topliss-reactive ketones (excluding diaryl/α,β-unsaturated/α-hetero) is 1. The van der Waals surface area contributed by atoms with Crippen molar-refractivity contribution in [2.45, 2.75) is 45.1 Å². The summed E-state index contributed by atoms with van der Waals surface area (Å²) in [7, 11) is 1.30. The quantitative estimate of drug-likeness (QED) is 0.612. The highest BCUT2D eigenvalue weighted by Crippen LogP contribution is 2.42. The van der Waals surface area contributed by atoms with Crippen LogP contribution in [0.5, 0.6) is 5.75 Å². The van der Waals surface area contributed by atoms with Gasteiger partial charge in [0.15, 0.2) is 5.78 Å². The van der Waals surface area contributed by atoms with Gasteiger partial charge in [0.2, 0.25) is 11.8 Å². The summed E-state index contributed by atoms with van der Waals surface area (Å²) in [6.07, 6.45) is 1.53. The molecule has 3 aliphatic heterocycles. The molecule has 5 rings (SSSR count). The molecule has 0 radical (unpaired) electrons. The lowest BCUT2D eigenvalue weighted by Gasteiger charge is -2.44. The Labute approximate surface area is 210 Å². The van der Waals surface area contributed by atoms with E-state index in [1.54, 1.807) is 29.2 Å². The minimum absolute atomic E-state index is 0.0782. The van der Waals surface area contributed by atoms with Crippen molar-refractivity contribution in [2.24, 2.45) is 5.92 Å². The molecule has 36 heavy (non-hydrogen) atoms. The van der Waals surface area contributed by atoms with E-state index in [2.05, 4.69) is 0 Å². The number of likely N-dealkylation sites (tertiary alicyclic amines) is 1. The van der Waals surface area contributed by atoms with Crippen molar-refractivity contribution in [3.63, 3.8) is 0 Å². The summed E-state index contributed by atoms with van der Waals surface area (Å²) in [6.45, 7) is 5.08. The van der Waals surface area contributed by atoms with Crippen molar-refractivity contribution < 1.29 is 28.7 Å². The zero-order chi connectivity index (χ0) is 25.6. The van der Waals surface area contributed by atoms with Gasteiger partial charge >= 0.3 is 5.97 Å². The number of nitrogens with zero attached hydrogens (tertiary/aromatic N) is 2. The highest BCUT2D eigenvalue weighted by Gasteiger charge is 2.46. The molecule has 2 amide bonds. The zero-order valence-electron chi connectivity index (χ0n) is 20.8. The highest BCUT2D eigenvalue weighted by atomic mass is 16.5. The zero-order valence-corrected chi connectivity index (χ0v) is 20.8. The number of para-hydroxylation sites is 1. The smallest absolute Gasteiger partial charge is 0.339 e. The number of carbonyl (C=O) groups excluding carboxylic acids is 4. The Bertz CT molecular complexity index is 1260. The molecule has 2 aromatic carbocycles. The first-order valence-electron chi connectivity index (χ1n) is 12.3. The fourth-order valence-electron chi connectivity index (χ4n) is 5.71. The van der Waals surface area contributed by atoms with Crippen LogP contribution in [-0.4, -0.2) is 60.8 Å². The molecular formula is C28H30N2O6. The van der Waals surface area contributed by atoms with Gasteiger partial charge in [0.25, 0.3) is 0 Å². The molecule has 2 saturated heterocycles. The average molecular weight is 491 g/mol. The molecule has 3 aliphatic rings. The van der Waals surface area contributed by atoms with Crippen molar-refractivity contribution in [3.05, 3.63) is 58.7 Å². The number of hydrogen-bond donors (Lipinski definition) is 0. The van der Waals surface area contributed by atoms with E-state index in [9.17, 15) is 19.2 Å². The average Bonchev–Trinajstić information content (AvgIpc) is 3.26. The van der Waals surface area contributed by atoms with Crippen LogP contribution < -0.4 is 9.64 Å². The molecule has 0 bridgehead atoms. The Morgan fingerprint density at radius 3 is 2.53 bits per heavy atom. The van der Waals surface area contributed by atoms with Crippen LogP contribution in [0.3, 0.4) is 0 Å². The van der Waals surface area contributed by atoms with E-state index < -0.39 is 17.5 Å². The van der Waals surface area contributed by atoms with Crippen LogP contribution >= 0.6 is 0 Å². The molecule has 0 N–H and O–H groups in total. The third kappa shape index (κ3) is 4.14. The summed E-state index contributed by atoms with van der Waals surface area (Å²) in [5.74, 6) is -0.532. The maximum Gasteiger partial charge on any atom is 0.339 e. The van der Waals surface area contributed by atoms with Crippen LogP contribution in [-0.2, 0) is 14.3 Å². The largest absolute Gasteiger partial charge is 0.486 e. The predicted molar refractivity (Wildman–Crippen MR) is 132 cm³/mol. The van der Waals surface area contributed by atoms with Gasteiger partial charge in [-0.05, 0) is 43.2 Å². The van der Waals surface area contributed by atoms with E-state index in [1.165, 1.54) is 12.0 Å². The Hall–Kier alpha value is -3.68. The monoisotopic (exact) mass is 490 g/mol. The molecule has 2 fully saturated rings. The molecule has 8 nitrogen and oxygen atoms in total. The normalized spacial score (nSPS) is 20.8. The Morgan fingerprint density at radius 2 is 1.81 bits per heavy atom. The number of ether oxygens (including phenoxy) is 2. The fraction of sp³-hybridized carbons (Fsp3) is 0.429. The number of hydrogen-bond acceptors (Lipinski definition) is 6. The van der Waals surface area contributed by atoms with Crippen LogP contribution in [0, 0.1) is 19.8 Å². The molecule has 0 aliphatic carbocycles. The number of piperidine rings is 1. The summed E-state index contributed by atoms with van der Waals surface area (Å²) in [5, 5.41) is 0. The minimum atomic E-state index is -0.599. The maximum atomic E-state index is 13.4. The third-order valence-electron chi connectivity index (χ3n) is 7.58. The highest BCUT2D eigenvalue weighted by molar-refractivity contribution is 6.05. The number of methoxy groups -OCH3 is 1. The fourth-order valence-corrected chi connectivity index (χ4v) is 5.71. The maximum absolute atomic E-state index is 13.4. The van der Waals surface area contributed by atoms with Crippen LogP contribution in [0.25, 0.3) is 0 Å². The Kier molecular flexibility index (Phi) is 6.06. The van der Waals surface area contributed by atoms with E-state index in [0.29, 0.717) is 54.9 Å². The van der Waals surface area contributed by atoms with Crippen molar-refractivity contribution in [1.82, 2.24) is 4.90 Å². The van der Waals surface area contributed by atoms with Crippen molar-refractivity contribution >= 4 is 29.3 Å². The number of anilines is 1. The summed E-state index contributed by atoms with van der Waals surface area (Å²) < 4.78 is 11.3. The Balaban J connectivity index is 1.27. The molecule has 188 valence electrons. The summed E-state index contributed by atoms with van der Waals surface area (Å²) in [5.41, 5.74) is 2.79. The van der Waals surface area contributed by atoms with Crippen molar-refractivity contribution in [1.29, 1.82) is 0 Å². The number of benzene rings is 2. The second-order valence-electron chi connectivity index (χ2n) is 10.1. The summed E-state index contributed by atoms with van der Waals surface area (Å²) >= 11 is 0. The lowest BCUT2D eigenvalue weighted by Crippen LogP contribution is -2.53. The van der Waals surface area contributed by atoms with E-state index in [0.717, 1.165) is 11.1 Å². The number of amides is 2. The molecular weight excluding hydrogens is 460 g/mol. The number of fused-ring (bicyclic) bond motifs is 1. The van der Waals surface area contributed by atoms with Crippen LogP contribution in [0.15, 0.2) is 36.4 Å². The van der Waals surface area contributed by atoms with Gasteiger partial charge in [-0.2, -0.15) is 0 Å². The van der Waals surface area contributed by atoms with Crippen LogP contribution in [0.4, 0.5) is 5.69 Å². The Morgan fingerprint density at radius 1 is 1.08 bits per heavy atom. The first kappa shape index (κ1) is 24.0. The number of ketones is 1. The van der Waals surface area contributed by atoms with Crippen LogP contribution in [0.2, 0.25) is 0 Å². The van der Waals surface area contributed by atoms with Crippen LogP contribution in [0.1, 0.15) is 57.5 Å². The van der Waals surface area contributed by atoms with Gasteiger partial charge in [0, 0.05) is 38.9 Å². The molecule has 8 heteroatoms. The van der Waals surface area contributed by atoms with Gasteiger partial charge in [0.05, 0.1) is 36.3 Å². The lowest BCUT2D eigenvalue weighted by atomic mass is 9.81. The molecule has 2 aromatic rings. The topological polar surface area (TPSA) is 93.2 Å². The van der Waals surface area contributed by atoms with Crippen molar-refractivity contribution in [3.8, 4) is 5.75 Å². The minimum Gasteiger partial charge on any atom is -0.486 e. The molecule has 0 aromatic heterocycles. The molecule has 1 atom stereocenters. The van der Waals surface area contributed by atoms with Gasteiger partial charge in [0.1, 0.15) is 11.4 Å². The molecule has 1 unspecified atom stereocenters. The summed E-state index contributed by atoms with van der Waals surface area (Å²) in [4.78, 5) is 54.6. The molecule has 1 spiro atoms. The van der Waals surface area contributed by atoms with E-state index in [4.69, 9.17) is 9.47 Å². The number of aryl methyl sites for hydroxylation is 2. The van der Waals surface area contributed by atoms with E-state index >= 15 is 0 Å². The van der Waals surface area contributed by atoms with Crippen molar-refractivity contribution in [2.75, 3.05) is 31.6 Å². The van der Waals surface area contributed by atoms with Gasteiger partial charge in [-0.1, -0.05) is 18.2 Å². The van der Waals surface area contributed by atoms with E-state index in [1.807, 2.05) is 26.0 Å². The SMILES string of the molecule is COC(=O)c1ccccc1N1CC(C(=O)N2CCC3(CC2)CC(=O)c2cc(C)cc(C)c2O3)CC1=O. The van der Waals surface area contributed by atoms with Gasteiger partial charge in [-0.3, -0.25) is 14.4 Å². The second-order valence-corrected chi connectivity index (χ2v) is 10.1. The number of esters is 1.